The first-order chi connectivity index (χ1) is 18.1. The van der Waals surface area contributed by atoms with E-state index in [1.54, 1.807) is 23.5 Å². The molecule has 1 amide bonds. The van der Waals surface area contributed by atoms with E-state index in [2.05, 4.69) is 26.9 Å². The third-order valence-electron chi connectivity index (χ3n) is 6.25. The first kappa shape index (κ1) is 25.0. The molecule has 37 heavy (non-hydrogen) atoms. The topological polar surface area (TPSA) is 87.8 Å². The highest BCUT2D eigenvalue weighted by atomic mass is 32.1. The molecule has 1 aromatic heterocycles. The van der Waals surface area contributed by atoms with Crippen molar-refractivity contribution in [3.63, 3.8) is 0 Å². The minimum atomic E-state index is -0.185. The van der Waals surface area contributed by atoms with Gasteiger partial charge in [-0.2, -0.15) is 0 Å². The number of ether oxygens (including phenoxy) is 2. The Morgan fingerprint density at radius 3 is 2.95 bits per heavy atom. The van der Waals surface area contributed by atoms with Gasteiger partial charge < -0.3 is 25.4 Å². The number of morpholine rings is 1. The Labute approximate surface area is 221 Å². The number of aryl methyl sites for hydroxylation is 1. The van der Waals surface area contributed by atoms with Crippen molar-refractivity contribution in [3.05, 3.63) is 83.0 Å². The van der Waals surface area contributed by atoms with Crippen molar-refractivity contribution >= 4 is 39.3 Å². The maximum absolute atomic E-state index is 13.0. The molecule has 3 aromatic rings. The summed E-state index contributed by atoms with van der Waals surface area (Å²) in [6.45, 7) is 7.59. The van der Waals surface area contributed by atoms with Crippen LogP contribution in [0.1, 0.15) is 21.6 Å². The van der Waals surface area contributed by atoms with Crippen molar-refractivity contribution in [1.29, 1.82) is 0 Å². The van der Waals surface area contributed by atoms with E-state index in [1.807, 2.05) is 54.9 Å². The Morgan fingerprint density at radius 2 is 2.11 bits per heavy atom. The maximum atomic E-state index is 13.0. The molecule has 0 bridgehead atoms. The summed E-state index contributed by atoms with van der Waals surface area (Å²) >= 11 is 1.55. The summed E-state index contributed by atoms with van der Waals surface area (Å²) in [6, 6.07) is 13.1. The summed E-state index contributed by atoms with van der Waals surface area (Å²) in [4.78, 5) is 20.0. The van der Waals surface area contributed by atoms with E-state index in [9.17, 15) is 4.79 Å². The molecule has 0 aliphatic carbocycles. The molecular formula is C28H31N5O3S. The quantitative estimate of drug-likeness (QED) is 0.381. The molecule has 2 aliphatic heterocycles. The van der Waals surface area contributed by atoms with Crippen molar-refractivity contribution in [2.45, 2.75) is 6.92 Å². The Kier molecular flexibility index (Phi) is 8.15. The molecule has 0 saturated carbocycles. The number of rotatable bonds is 9. The Hall–Kier alpha value is -3.66. The van der Waals surface area contributed by atoms with E-state index in [1.165, 1.54) is 0 Å². The molecule has 192 valence electrons. The first-order valence-corrected chi connectivity index (χ1v) is 13.3. The smallest absolute Gasteiger partial charge is 0.255 e. The predicted molar refractivity (Wildman–Crippen MR) is 149 cm³/mol. The molecule has 3 heterocycles. The zero-order valence-electron chi connectivity index (χ0n) is 20.8. The van der Waals surface area contributed by atoms with Crippen LogP contribution >= 0.6 is 11.3 Å². The maximum Gasteiger partial charge on any atom is 0.255 e. The summed E-state index contributed by atoms with van der Waals surface area (Å²) in [6.07, 6.45) is 5.98. The molecule has 9 heteroatoms. The Morgan fingerprint density at radius 1 is 1.22 bits per heavy atom. The molecule has 1 fully saturated rings. The monoisotopic (exact) mass is 517 g/mol. The average molecular weight is 518 g/mol. The Balaban J connectivity index is 1.19. The molecule has 0 spiro atoms. The van der Waals surface area contributed by atoms with Gasteiger partial charge >= 0.3 is 0 Å². The fourth-order valence-electron chi connectivity index (χ4n) is 4.11. The minimum absolute atomic E-state index is 0.185. The van der Waals surface area contributed by atoms with E-state index in [0.29, 0.717) is 23.6 Å². The number of dihydropyridines is 1. The van der Waals surface area contributed by atoms with E-state index in [4.69, 9.17) is 14.5 Å². The summed E-state index contributed by atoms with van der Waals surface area (Å²) in [7, 11) is 0. The van der Waals surface area contributed by atoms with Gasteiger partial charge in [0.25, 0.3) is 5.91 Å². The third-order valence-corrected chi connectivity index (χ3v) is 7.01. The highest BCUT2D eigenvalue weighted by Crippen LogP contribution is 2.29. The number of aromatic nitrogens is 1. The number of nitrogens with one attached hydrogen (secondary N) is 3. The number of benzene rings is 2. The second kappa shape index (κ2) is 12.1. The van der Waals surface area contributed by atoms with Crippen molar-refractivity contribution in [3.8, 4) is 5.75 Å². The summed E-state index contributed by atoms with van der Waals surface area (Å²) in [5.74, 6) is 0.500. The van der Waals surface area contributed by atoms with Crippen LogP contribution in [-0.4, -0.2) is 61.8 Å². The second-order valence-corrected chi connectivity index (χ2v) is 9.77. The first-order valence-electron chi connectivity index (χ1n) is 12.4. The van der Waals surface area contributed by atoms with E-state index < -0.39 is 0 Å². The molecule has 3 N–H and O–H groups in total. The standard InChI is InChI=1S/C28H31N5O3S/c1-20-7-8-23(17-25(20)31-28-32-26(19-37-28)22-5-3-9-29-18-22)30-27(34)21-4-2-6-24(16-21)36-15-12-33-10-13-35-14-11-33/h2-9,16-17,19,29H,10-15,18H2,1H3,(H,30,34)(H,31,32). The molecule has 0 radical (unpaired) electrons. The number of nitrogens with zero attached hydrogens (tertiary/aromatic N) is 2. The largest absolute Gasteiger partial charge is 0.492 e. The highest BCUT2D eigenvalue weighted by Gasteiger charge is 2.13. The normalized spacial score (nSPS) is 15.5. The lowest BCUT2D eigenvalue weighted by molar-refractivity contribution is 0.0322. The predicted octanol–water partition coefficient (Wildman–Crippen LogP) is 4.66. The average Bonchev–Trinajstić information content (AvgIpc) is 3.40. The lowest BCUT2D eigenvalue weighted by atomic mass is 10.1. The van der Waals surface area contributed by atoms with Crippen LogP contribution < -0.4 is 20.7 Å². The van der Waals surface area contributed by atoms with Gasteiger partial charge in [0, 0.05) is 48.5 Å². The van der Waals surface area contributed by atoms with Gasteiger partial charge in [-0.25, -0.2) is 4.98 Å². The van der Waals surface area contributed by atoms with Crippen LogP contribution in [0.4, 0.5) is 16.5 Å². The van der Waals surface area contributed by atoms with E-state index >= 15 is 0 Å². The third kappa shape index (κ3) is 6.76. The van der Waals surface area contributed by atoms with E-state index in [-0.39, 0.29) is 5.91 Å². The van der Waals surface area contributed by atoms with Crippen molar-refractivity contribution < 1.29 is 14.3 Å². The number of carbonyl (C=O) groups excluding carboxylic acids is 1. The molecule has 2 aliphatic rings. The number of thiazole rings is 1. The van der Waals surface area contributed by atoms with Gasteiger partial charge in [-0.15, -0.1) is 11.3 Å². The fourth-order valence-corrected chi connectivity index (χ4v) is 4.86. The van der Waals surface area contributed by atoms with Crippen molar-refractivity contribution in [2.24, 2.45) is 0 Å². The number of anilines is 3. The van der Waals surface area contributed by atoms with Crippen LogP contribution in [0.15, 0.2) is 66.2 Å². The molecular weight excluding hydrogens is 486 g/mol. The second-order valence-electron chi connectivity index (χ2n) is 8.91. The number of carbonyl (C=O) groups is 1. The van der Waals surface area contributed by atoms with Gasteiger partial charge in [-0.1, -0.05) is 18.2 Å². The number of amides is 1. The molecule has 2 aromatic carbocycles. The molecule has 1 saturated heterocycles. The lowest BCUT2D eigenvalue weighted by Crippen LogP contribution is -2.38. The molecule has 0 unspecified atom stereocenters. The zero-order valence-corrected chi connectivity index (χ0v) is 21.6. The fraction of sp³-hybridized carbons (Fsp3) is 0.286. The number of hydrogen-bond donors (Lipinski definition) is 3. The Bertz CT molecular complexity index is 1300. The van der Waals surface area contributed by atoms with Gasteiger partial charge in [-0.3, -0.25) is 9.69 Å². The van der Waals surface area contributed by atoms with Crippen molar-refractivity contribution in [2.75, 3.05) is 56.6 Å². The van der Waals surface area contributed by atoms with Gasteiger partial charge in [0.2, 0.25) is 0 Å². The van der Waals surface area contributed by atoms with Crippen LogP contribution in [0.3, 0.4) is 0 Å². The number of hydrogen-bond acceptors (Lipinski definition) is 8. The van der Waals surface area contributed by atoms with Crippen LogP contribution in [0.2, 0.25) is 0 Å². The van der Waals surface area contributed by atoms with Gasteiger partial charge in [0.1, 0.15) is 12.4 Å². The molecule has 8 nitrogen and oxygen atoms in total. The minimum Gasteiger partial charge on any atom is -0.492 e. The molecule has 5 rings (SSSR count). The summed E-state index contributed by atoms with van der Waals surface area (Å²) in [5, 5.41) is 12.5. The van der Waals surface area contributed by atoms with E-state index in [0.717, 1.165) is 67.0 Å². The number of allylic oxidation sites excluding steroid dienone is 2. The summed E-state index contributed by atoms with van der Waals surface area (Å²) in [5.41, 5.74) is 5.32. The van der Waals surface area contributed by atoms with Gasteiger partial charge in [-0.05, 0) is 60.7 Å². The SMILES string of the molecule is Cc1ccc(NC(=O)c2cccc(OCCN3CCOCC3)c2)cc1Nc1nc(C2=CC=CNC2)cs1. The highest BCUT2D eigenvalue weighted by molar-refractivity contribution is 7.13. The van der Waals surface area contributed by atoms with Crippen LogP contribution in [0.5, 0.6) is 5.75 Å². The van der Waals surface area contributed by atoms with Crippen LogP contribution in [0, 0.1) is 6.92 Å². The van der Waals surface area contributed by atoms with Gasteiger partial charge in [0.15, 0.2) is 5.13 Å². The lowest BCUT2D eigenvalue weighted by Gasteiger charge is -2.26. The zero-order chi connectivity index (χ0) is 25.5. The van der Waals surface area contributed by atoms with Crippen LogP contribution in [-0.2, 0) is 4.74 Å². The summed E-state index contributed by atoms with van der Waals surface area (Å²) < 4.78 is 11.3. The van der Waals surface area contributed by atoms with Crippen molar-refractivity contribution in [1.82, 2.24) is 15.2 Å². The van der Waals surface area contributed by atoms with Crippen LogP contribution in [0.25, 0.3) is 5.57 Å². The van der Waals surface area contributed by atoms with Gasteiger partial charge in [0.05, 0.1) is 18.9 Å². The molecule has 0 atom stereocenters.